The van der Waals surface area contributed by atoms with Gasteiger partial charge in [-0.15, -0.1) is 11.8 Å². The molecule has 2 nitrogen and oxygen atoms in total. The standard InChI is InChI=1S/C19H21NOS/c21-19(20-16-11-7-8-12-16)18(15-9-3-1-4-10-15)22-17-13-5-2-6-14-17/h1-6,9-10,13-14,16,18H,7-8,11-12H2,(H,20,21)/t18-/m1/s1. The topological polar surface area (TPSA) is 29.1 Å². The number of nitrogens with one attached hydrogen (secondary N) is 1. The van der Waals surface area contributed by atoms with Crippen molar-refractivity contribution >= 4 is 17.7 Å². The monoisotopic (exact) mass is 311 g/mol. The Morgan fingerprint density at radius 1 is 0.955 bits per heavy atom. The second-order valence-corrected chi connectivity index (χ2v) is 6.89. The molecule has 1 amide bonds. The fourth-order valence-electron chi connectivity index (χ4n) is 2.88. The zero-order chi connectivity index (χ0) is 15.2. The van der Waals surface area contributed by atoms with Crippen molar-refractivity contribution in [3.8, 4) is 0 Å². The summed E-state index contributed by atoms with van der Waals surface area (Å²) in [7, 11) is 0. The van der Waals surface area contributed by atoms with E-state index in [0.29, 0.717) is 6.04 Å². The van der Waals surface area contributed by atoms with Crippen LogP contribution in [0.2, 0.25) is 0 Å². The van der Waals surface area contributed by atoms with Gasteiger partial charge in [-0.1, -0.05) is 61.4 Å². The van der Waals surface area contributed by atoms with Crippen LogP contribution in [-0.4, -0.2) is 11.9 Å². The highest BCUT2D eigenvalue weighted by Gasteiger charge is 2.25. The van der Waals surface area contributed by atoms with Gasteiger partial charge >= 0.3 is 0 Å². The number of hydrogen-bond donors (Lipinski definition) is 1. The SMILES string of the molecule is O=C(NC1CCCC1)[C@H](Sc1ccccc1)c1ccccc1. The maximum Gasteiger partial charge on any atom is 0.238 e. The third kappa shape index (κ3) is 3.92. The lowest BCUT2D eigenvalue weighted by atomic mass is 10.1. The Morgan fingerprint density at radius 3 is 2.18 bits per heavy atom. The average molecular weight is 311 g/mol. The van der Waals surface area contributed by atoms with Crippen LogP contribution in [0.4, 0.5) is 0 Å². The van der Waals surface area contributed by atoms with Gasteiger partial charge in [0.1, 0.15) is 5.25 Å². The Labute approximate surface area is 136 Å². The van der Waals surface area contributed by atoms with Crippen molar-refractivity contribution in [3.63, 3.8) is 0 Å². The van der Waals surface area contributed by atoms with E-state index in [1.807, 2.05) is 48.5 Å². The summed E-state index contributed by atoms with van der Waals surface area (Å²) in [4.78, 5) is 13.9. The smallest absolute Gasteiger partial charge is 0.238 e. The second-order valence-electron chi connectivity index (χ2n) is 5.71. The van der Waals surface area contributed by atoms with E-state index in [9.17, 15) is 4.79 Å². The molecule has 0 heterocycles. The molecular weight excluding hydrogens is 290 g/mol. The summed E-state index contributed by atoms with van der Waals surface area (Å²) in [6.07, 6.45) is 4.69. The molecule has 0 saturated heterocycles. The highest BCUT2D eigenvalue weighted by atomic mass is 32.2. The van der Waals surface area contributed by atoms with Crippen molar-refractivity contribution < 1.29 is 4.79 Å². The molecule has 0 aromatic heterocycles. The lowest BCUT2D eigenvalue weighted by Crippen LogP contribution is -2.35. The Hall–Kier alpha value is -1.74. The Bertz CT molecular complexity index is 593. The summed E-state index contributed by atoms with van der Waals surface area (Å²) in [6, 6.07) is 20.6. The first-order chi connectivity index (χ1) is 10.8. The zero-order valence-electron chi connectivity index (χ0n) is 12.6. The van der Waals surface area contributed by atoms with Gasteiger partial charge in [-0.25, -0.2) is 0 Å². The van der Waals surface area contributed by atoms with Crippen LogP contribution in [0.1, 0.15) is 36.5 Å². The van der Waals surface area contributed by atoms with Crippen molar-refractivity contribution in [1.82, 2.24) is 5.32 Å². The van der Waals surface area contributed by atoms with Crippen LogP contribution in [0.5, 0.6) is 0 Å². The molecule has 3 rings (SSSR count). The molecule has 1 fully saturated rings. The number of benzene rings is 2. The summed E-state index contributed by atoms with van der Waals surface area (Å²) in [5.41, 5.74) is 1.06. The zero-order valence-corrected chi connectivity index (χ0v) is 13.4. The van der Waals surface area contributed by atoms with E-state index in [1.165, 1.54) is 12.8 Å². The molecule has 1 aliphatic rings. The summed E-state index contributed by atoms with van der Waals surface area (Å²) in [5, 5.41) is 3.05. The normalized spacial score (nSPS) is 16.4. The molecule has 0 spiro atoms. The largest absolute Gasteiger partial charge is 0.352 e. The molecule has 3 heteroatoms. The Balaban J connectivity index is 1.77. The van der Waals surface area contributed by atoms with E-state index in [2.05, 4.69) is 17.4 Å². The Morgan fingerprint density at radius 2 is 1.55 bits per heavy atom. The molecule has 2 aromatic carbocycles. The van der Waals surface area contributed by atoms with Crippen molar-refractivity contribution in [2.45, 2.75) is 41.9 Å². The molecule has 2 aromatic rings. The van der Waals surface area contributed by atoms with Crippen LogP contribution in [0.15, 0.2) is 65.6 Å². The summed E-state index contributed by atoms with van der Waals surface area (Å²) < 4.78 is 0. The predicted molar refractivity (Wildman–Crippen MR) is 91.9 cm³/mol. The van der Waals surface area contributed by atoms with Gasteiger partial charge in [0.2, 0.25) is 5.91 Å². The third-order valence-electron chi connectivity index (χ3n) is 4.04. The summed E-state index contributed by atoms with van der Waals surface area (Å²) in [6.45, 7) is 0. The molecule has 1 N–H and O–H groups in total. The first-order valence-electron chi connectivity index (χ1n) is 7.90. The first-order valence-corrected chi connectivity index (χ1v) is 8.78. The molecule has 114 valence electrons. The van der Waals surface area contributed by atoms with E-state index < -0.39 is 0 Å². The van der Waals surface area contributed by atoms with E-state index in [-0.39, 0.29) is 11.2 Å². The van der Waals surface area contributed by atoms with Gasteiger partial charge in [0.05, 0.1) is 0 Å². The number of amides is 1. The van der Waals surface area contributed by atoms with Crippen molar-refractivity contribution in [1.29, 1.82) is 0 Å². The predicted octanol–water partition coefficient (Wildman–Crippen LogP) is 4.58. The van der Waals surface area contributed by atoms with Crippen LogP contribution >= 0.6 is 11.8 Å². The van der Waals surface area contributed by atoms with Gasteiger partial charge in [-0.2, -0.15) is 0 Å². The molecule has 0 radical (unpaired) electrons. The molecule has 1 saturated carbocycles. The molecule has 0 bridgehead atoms. The first kappa shape index (κ1) is 15.2. The van der Waals surface area contributed by atoms with Gasteiger partial charge in [-0.05, 0) is 30.5 Å². The van der Waals surface area contributed by atoms with Gasteiger partial charge in [0.25, 0.3) is 0 Å². The van der Waals surface area contributed by atoms with E-state index in [1.54, 1.807) is 11.8 Å². The minimum absolute atomic E-state index is 0.131. The minimum Gasteiger partial charge on any atom is -0.352 e. The van der Waals surface area contributed by atoms with Crippen LogP contribution in [0.25, 0.3) is 0 Å². The van der Waals surface area contributed by atoms with Gasteiger partial charge in [0.15, 0.2) is 0 Å². The van der Waals surface area contributed by atoms with Crippen LogP contribution in [0, 0.1) is 0 Å². The number of carbonyl (C=O) groups excluding carboxylic acids is 1. The quantitative estimate of drug-likeness (QED) is 0.819. The molecular formula is C19H21NOS. The highest BCUT2D eigenvalue weighted by Crippen LogP contribution is 2.35. The number of thioether (sulfide) groups is 1. The van der Waals surface area contributed by atoms with Crippen LogP contribution in [-0.2, 0) is 4.79 Å². The number of carbonyl (C=O) groups is 1. The average Bonchev–Trinajstić information content (AvgIpc) is 3.07. The van der Waals surface area contributed by atoms with E-state index >= 15 is 0 Å². The molecule has 22 heavy (non-hydrogen) atoms. The van der Waals surface area contributed by atoms with E-state index in [4.69, 9.17) is 0 Å². The number of rotatable bonds is 5. The molecule has 1 atom stereocenters. The van der Waals surface area contributed by atoms with Crippen molar-refractivity contribution in [2.24, 2.45) is 0 Å². The van der Waals surface area contributed by atoms with Crippen LogP contribution in [0.3, 0.4) is 0 Å². The maximum absolute atomic E-state index is 12.8. The van der Waals surface area contributed by atoms with Gasteiger partial charge in [0, 0.05) is 10.9 Å². The lowest BCUT2D eigenvalue weighted by molar-refractivity contribution is -0.121. The summed E-state index contributed by atoms with van der Waals surface area (Å²) in [5.74, 6) is 0.131. The third-order valence-corrected chi connectivity index (χ3v) is 5.31. The Kier molecular flexibility index (Phi) is 5.17. The van der Waals surface area contributed by atoms with Crippen molar-refractivity contribution in [3.05, 3.63) is 66.2 Å². The molecule has 0 unspecified atom stereocenters. The highest BCUT2D eigenvalue weighted by molar-refractivity contribution is 8.00. The van der Waals surface area contributed by atoms with Gasteiger partial charge in [-0.3, -0.25) is 4.79 Å². The van der Waals surface area contributed by atoms with Crippen molar-refractivity contribution in [2.75, 3.05) is 0 Å². The second kappa shape index (κ2) is 7.50. The lowest BCUT2D eigenvalue weighted by Gasteiger charge is -2.20. The van der Waals surface area contributed by atoms with E-state index in [0.717, 1.165) is 23.3 Å². The minimum atomic E-state index is -0.191. The maximum atomic E-state index is 12.8. The fraction of sp³-hybridized carbons (Fsp3) is 0.316. The van der Waals surface area contributed by atoms with Crippen LogP contribution < -0.4 is 5.32 Å². The molecule has 0 aliphatic heterocycles. The summed E-state index contributed by atoms with van der Waals surface area (Å²) >= 11 is 1.62. The van der Waals surface area contributed by atoms with Gasteiger partial charge < -0.3 is 5.32 Å². The number of hydrogen-bond acceptors (Lipinski definition) is 2. The molecule has 1 aliphatic carbocycles. The fourth-order valence-corrected chi connectivity index (χ4v) is 3.94.